The molecule has 0 bridgehead atoms. The molecule has 1 atom stereocenters. The third-order valence-electron chi connectivity index (χ3n) is 4.05. The molecule has 1 aliphatic heterocycles. The monoisotopic (exact) mass is 350 g/mol. The van der Waals surface area contributed by atoms with Crippen LogP contribution in [0.2, 0.25) is 0 Å². The van der Waals surface area contributed by atoms with E-state index in [1.807, 2.05) is 13.8 Å². The van der Waals surface area contributed by atoms with Gasteiger partial charge in [-0.05, 0) is 62.7 Å². The molecular formula is C18H26N2O3S. The van der Waals surface area contributed by atoms with Crippen LogP contribution in [-0.2, 0) is 4.74 Å². The quantitative estimate of drug-likeness (QED) is 0.651. The van der Waals surface area contributed by atoms with Gasteiger partial charge in [-0.25, -0.2) is 4.79 Å². The van der Waals surface area contributed by atoms with Crippen molar-refractivity contribution in [3.63, 3.8) is 0 Å². The van der Waals surface area contributed by atoms with Crippen LogP contribution in [0.3, 0.4) is 0 Å². The number of rotatable bonds is 5. The molecule has 0 amide bonds. The Kier molecular flexibility index (Phi) is 6.04. The number of thiocarbonyl (C=S) groups is 1. The Morgan fingerprint density at radius 2 is 2.04 bits per heavy atom. The van der Waals surface area contributed by atoms with Crippen LogP contribution in [0.15, 0.2) is 24.3 Å². The Morgan fingerprint density at radius 3 is 2.58 bits per heavy atom. The first-order valence-electron chi connectivity index (χ1n) is 8.19. The second-order valence-electron chi connectivity index (χ2n) is 6.96. The van der Waals surface area contributed by atoms with Crippen molar-refractivity contribution in [1.29, 1.82) is 0 Å². The van der Waals surface area contributed by atoms with Gasteiger partial charge in [0, 0.05) is 13.1 Å². The Balaban J connectivity index is 1.84. The van der Waals surface area contributed by atoms with Gasteiger partial charge in [-0.1, -0.05) is 6.92 Å². The normalized spacial score (nSPS) is 17.5. The average molecular weight is 350 g/mol. The molecule has 0 aliphatic carbocycles. The van der Waals surface area contributed by atoms with E-state index in [2.05, 4.69) is 17.1 Å². The van der Waals surface area contributed by atoms with E-state index in [1.54, 1.807) is 31.4 Å². The van der Waals surface area contributed by atoms with Gasteiger partial charge in [-0.3, -0.25) is 0 Å². The molecule has 1 aromatic rings. The van der Waals surface area contributed by atoms with Gasteiger partial charge in [-0.15, -0.1) is 0 Å². The number of esters is 1. The summed E-state index contributed by atoms with van der Waals surface area (Å²) in [5.74, 6) is 1.02. The van der Waals surface area contributed by atoms with Gasteiger partial charge in [0.05, 0.1) is 18.2 Å². The largest absolute Gasteiger partial charge is 0.497 e. The van der Waals surface area contributed by atoms with Gasteiger partial charge in [0.2, 0.25) is 0 Å². The van der Waals surface area contributed by atoms with E-state index in [4.69, 9.17) is 21.7 Å². The summed E-state index contributed by atoms with van der Waals surface area (Å²) in [6, 6.07) is 6.86. The zero-order valence-corrected chi connectivity index (χ0v) is 15.6. The highest BCUT2D eigenvalue weighted by Gasteiger charge is 2.26. The zero-order valence-electron chi connectivity index (χ0n) is 14.8. The standard InChI is InChI=1S/C18H26N2O3S/c1-13-9-10-20(11-13)17(24)19-18(2,3)12-23-16(21)14-5-7-15(22-4)8-6-14/h5-8,13H,9-12H2,1-4H3,(H,19,24). The molecule has 0 saturated carbocycles. The molecule has 5 nitrogen and oxygen atoms in total. The smallest absolute Gasteiger partial charge is 0.338 e. The van der Waals surface area contributed by atoms with Crippen LogP contribution >= 0.6 is 12.2 Å². The number of hydrogen-bond donors (Lipinski definition) is 1. The van der Waals surface area contributed by atoms with Crippen molar-refractivity contribution in [2.45, 2.75) is 32.7 Å². The third kappa shape index (κ3) is 5.09. The van der Waals surface area contributed by atoms with Crippen LogP contribution in [0.4, 0.5) is 0 Å². The lowest BCUT2D eigenvalue weighted by Crippen LogP contribution is -2.52. The highest BCUT2D eigenvalue weighted by Crippen LogP contribution is 2.17. The second-order valence-corrected chi connectivity index (χ2v) is 7.35. The van der Waals surface area contributed by atoms with E-state index in [1.165, 1.54) is 0 Å². The number of carbonyl (C=O) groups excluding carboxylic acids is 1. The molecule has 6 heteroatoms. The molecule has 1 aliphatic rings. The summed E-state index contributed by atoms with van der Waals surface area (Å²) >= 11 is 5.48. The minimum atomic E-state index is -0.426. The highest BCUT2D eigenvalue weighted by atomic mass is 32.1. The maximum atomic E-state index is 12.1. The number of carbonyl (C=O) groups is 1. The van der Waals surface area contributed by atoms with Crippen LogP contribution in [0, 0.1) is 5.92 Å². The fraction of sp³-hybridized carbons (Fsp3) is 0.556. The van der Waals surface area contributed by atoms with Crippen LogP contribution in [-0.4, -0.2) is 48.3 Å². The maximum Gasteiger partial charge on any atom is 0.338 e. The van der Waals surface area contributed by atoms with Gasteiger partial charge >= 0.3 is 5.97 Å². The van der Waals surface area contributed by atoms with E-state index < -0.39 is 5.54 Å². The summed E-state index contributed by atoms with van der Waals surface area (Å²) in [5.41, 5.74) is 0.0768. The summed E-state index contributed by atoms with van der Waals surface area (Å²) in [5, 5.41) is 4.03. The predicted molar refractivity (Wildman–Crippen MR) is 98.4 cm³/mol. The molecule has 2 rings (SSSR count). The van der Waals surface area contributed by atoms with E-state index in [0.29, 0.717) is 17.2 Å². The first-order valence-corrected chi connectivity index (χ1v) is 8.60. The Bertz CT molecular complexity index is 586. The summed E-state index contributed by atoms with van der Waals surface area (Å²) in [4.78, 5) is 14.3. The summed E-state index contributed by atoms with van der Waals surface area (Å²) in [7, 11) is 1.59. The van der Waals surface area contributed by atoms with Crippen LogP contribution in [0.1, 0.15) is 37.6 Å². The summed E-state index contributed by atoms with van der Waals surface area (Å²) in [6.07, 6.45) is 1.16. The van der Waals surface area contributed by atoms with Crippen molar-refractivity contribution < 1.29 is 14.3 Å². The van der Waals surface area contributed by atoms with Crippen LogP contribution < -0.4 is 10.1 Å². The Morgan fingerprint density at radius 1 is 1.38 bits per heavy atom. The number of likely N-dealkylation sites (tertiary alicyclic amines) is 1. The summed E-state index contributed by atoms with van der Waals surface area (Å²) < 4.78 is 10.5. The van der Waals surface area contributed by atoms with Gasteiger partial charge in [0.1, 0.15) is 12.4 Å². The van der Waals surface area contributed by atoms with E-state index in [9.17, 15) is 4.79 Å². The lowest BCUT2D eigenvalue weighted by Gasteiger charge is -2.31. The molecular weight excluding hydrogens is 324 g/mol. The SMILES string of the molecule is COc1ccc(C(=O)OCC(C)(C)NC(=S)N2CCC(C)C2)cc1. The number of hydrogen-bond acceptors (Lipinski definition) is 4. The Hall–Kier alpha value is -1.82. The van der Waals surface area contributed by atoms with Crippen molar-refractivity contribution >= 4 is 23.3 Å². The van der Waals surface area contributed by atoms with E-state index in [0.717, 1.165) is 24.6 Å². The molecule has 1 fully saturated rings. The molecule has 0 spiro atoms. The summed E-state index contributed by atoms with van der Waals surface area (Å²) in [6.45, 7) is 8.37. The first-order chi connectivity index (χ1) is 11.3. The minimum Gasteiger partial charge on any atom is -0.497 e. The molecule has 1 heterocycles. The van der Waals surface area contributed by atoms with Gasteiger partial charge < -0.3 is 19.7 Å². The van der Waals surface area contributed by atoms with Crippen LogP contribution in [0.25, 0.3) is 0 Å². The Labute approximate surface area is 149 Å². The maximum absolute atomic E-state index is 12.1. The zero-order chi connectivity index (χ0) is 17.7. The molecule has 24 heavy (non-hydrogen) atoms. The fourth-order valence-corrected chi connectivity index (χ4v) is 3.02. The number of ether oxygens (including phenoxy) is 2. The molecule has 0 radical (unpaired) electrons. The van der Waals surface area contributed by atoms with Gasteiger partial charge in [0.15, 0.2) is 5.11 Å². The minimum absolute atomic E-state index is 0.237. The van der Waals surface area contributed by atoms with E-state index >= 15 is 0 Å². The van der Waals surface area contributed by atoms with Crippen molar-refractivity contribution in [1.82, 2.24) is 10.2 Å². The highest BCUT2D eigenvalue weighted by molar-refractivity contribution is 7.80. The average Bonchev–Trinajstić information content (AvgIpc) is 2.99. The molecule has 1 aromatic carbocycles. The van der Waals surface area contributed by atoms with Crippen LogP contribution in [0.5, 0.6) is 5.75 Å². The third-order valence-corrected chi connectivity index (χ3v) is 4.41. The fourth-order valence-electron chi connectivity index (χ4n) is 2.58. The van der Waals surface area contributed by atoms with E-state index in [-0.39, 0.29) is 12.6 Å². The number of benzene rings is 1. The number of nitrogens with zero attached hydrogens (tertiary/aromatic N) is 1. The topological polar surface area (TPSA) is 50.8 Å². The molecule has 1 unspecified atom stereocenters. The number of methoxy groups -OCH3 is 1. The molecule has 1 saturated heterocycles. The van der Waals surface area contributed by atoms with Crippen molar-refractivity contribution in [3.8, 4) is 5.75 Å². The lowest BCUT2D eigenvalue weighted by atomic mass is 10.1. The molecule has 132 valence electrons. The number of nitrogens with one attached hydrogen (secondary N) is 1. The van der Waals surface area contributed by atoms with Crippen molar-refractivity contribution in [2.24, 2.45) is 5.92 Å². The van der Waals surface area contributed by atoms with Crippen molar-refractivity contribution in [3.05, 3.63) is 29.8 Å². The van der Waals surface area contributed by atoms with Crippen molar-refractivity contribution in [2.75, 3.05) is 26.8 Å². The first kappa shape index (κ1) is 18.5. The molecule has 0 aromatic heterocycles. The predicted octanol–water partition coefficient (Wildman–Crippen LogP) is 2.85. The lowest BCUT2D eigenvalue weighted by molar-refractivity contribution is 0.0415. The second kappa shape index (κ2) is 7.83. The van der Waals surface area contributed by atoms with Gasteiger partial charge in [-0.2, -0.15) is 0 Å². The van der Waals surface area contributed by atoms with Gasteiger partial charge in [0.25, 0.3) is 0 Å². The molecule has 1 N–H and O–H groups in total.